The van der Waals surface area contributed by atoms with Gasteiger partial charge in [-0.2, -0.15) is 52.7 Å². The van der Waals surface area contributed by atoms with Gasteiger partial charge in [0.15, 0.2) is 9.84 Å². The van der Waals surface area contributed by atoms with Crippen molar-refractivity contribution in [3.8, 4) is 0 Å². The fourth-order valence-electron chi connectivity index (χ4n) is 3.73. The van der Waals surface area contributed by atoms with Gasteiger partial charge in [-0.1, -0.05) is 12.1 Å². The summed E-state index contributed by atoms with van der Waals surface area (Å²) in [5.74, 6) is -12.5. The van der Waals surface area contributed by atoms with Crippen LogP contribution < -0.4 is 5.32 Å². The molecule has 0 heterocycles. The van der Waals surface area contributed by atoms with Crippen molar-refractivity contribution in [1.29, 1.82) is 0 Å². The smallest absolute Gasteiger partial charge is 0.349 e. The van der Waals surface area contributed by atoms with Crippen LogP contribution in [0.1, 0.15) is 45.5 Å². The van der Waals surface area contributed by atoms with Gasteiger partial charge in [0.25, 0.3) is 5.91 Å². The van der Waals surface area contributed by atoms with Gasteiger partial charge in [0.2, 0.25) is 0 Å². The number of hydrogen-bond acceptors (Lipinski definition) is 3. The molecule has 0 fully saturated rings. The van der Waals surface area contributed by atoms with Crippen LogP contribution in [0.2, 0.25) is 0 Å². The number of sulfone groups is 1. The summed E-state index contributed by atoms with van der Waals surface area (Å²) in [4.78, 5) is 12.4. The molecule has 0 aliphatic rings. The highest BCUT2D eigenvalue weighted by Crippen LogP contribution is 2.42. The first-order valence-electron chi connectivity index (χ1n) is 11.3. The summed E-state index contributed by atoms with van der Waals surface area (Å²) in [6.45, 7) is 0.854. The molecule has 2 rings (SSSR count). The number of carbonyl (C=O) groups excluding carboxylic acids is 1. The topological polar surface area (TPSA) is 63.2 Å². The van der Waals surface area contributed by atoms with Crippen molar-refractivity contribution in [3.05, 3.63) is 76.1 Å². The SMILES string of the molecule is CC(CS(=O)(=O)CC(F)(F)F)NC(=O)c1ccc(/C(F)=C/C(c2ccc(F)c(C(F)(F)F)c2)C(F)(F)F)cc1C(F)(F)F. The number of benzene rings is 2. The largest absolute Gasteiger partial charge is 0.419 e. The number of halogens is 14. The van der Waals surface area contributed by atoms with E-state index in [4.69, 9.17) is 0 Å². The van der Waals surface area contributed by atoms with E-state index in [9.17, 15) is 74.7 Å². The molecule has 2 aromatic carbocycles. The monoisotopic (exact) mass is 665 g/mol. The van der Waals surface area contributed by atoms with Gasteiger partial charge in [0, 0.05) is 11.6 Å². The first-order chi connectivity index (χ1) is 19.2. The van der Waals surface area contributed by atoms with E-state index in [0.29, 0.717) is 6.07 Å². The number of hydrogen-bond donors (Lipinski definition) is 1. The Hall–Kier alpha value is -3.38. The Morgan fingerprint density at radius 3 is 1.91 bits per heavy atom. The minimum absolute atomic E-state index is 0.0349. The second kappa shape index (κ2) is 12.3. The lowest BCUT2D eigenvalue weighted by molar-refractivity contribution is -0.143. The molecule has 0 aliphatic heterocycles. The van der Waals surface area contributed by atoms with Crippen LogP contribution >= 0.6 is 0 Å². The van der Waals surface area contributed by atoms with E-state index in [2.05, 4.69) is 0 Å². The average Bonchev–Trinajstić information content (AvgIpc) is 2.78. The van der Waals surface area contributed by atoms with E-state index in [1.54, 1.807) is 5.32 Å². The third-order valence-electron chi connectivity index (χ3n) is 5.43. The van der Waals surface area contributed by atoms with Gasteiger partial charge in [0.05, 0.1) is 22.4 Å². The molecule has 0 aliphatic carbocycles. The summed E-state index contributed by atoms with van der Waals surface area (Å²) in [5, 5.41) is 1.73. The number of allylic oxidation sites excluding steroid dienone is 1. The maximum Gasteiger partial charge on any atom is 0.419 e. The summed E-state index contributed by atoms with van der Waals surface area (Å²) in [7, 11) is -4.88. The van der Waals surface area contributed by atoms with Gasteiger partial charge in [-0.3, -0.25) is 4.79 Å². The molecule has 4 nitrogen and oxygen atoms in total. The third-order valence-corrected chi connectivity index (χ3v) is 7.21. The van der Waals surface area contributed by atoms with E-state index < -0.39 is 103 Å². The lowest BCUT2D eigenvalue weighted by Gasteiger charge is -2.20. The molecule has 0 aromatic heterocycles. The standard InChI is InChI=1S/C24H17F14NO3S/c1-11(9-43(41,42)10-21(27,28)29)39-20(40)14-4-2-13(7-16(14)23(33,34)35)19(26)8-15(22(30,31)32)12-3-5-18(25)17(6-12)24(36,37)38/h2-8,11,15H,9-10H2,1H3,(H,39,40)/b19-8-. The van der Waals surface area contributed by atoms with Crippen molar-refractivity contribution >= 4 is 21.6 Å². The van der Waals surface area contributed by atoms with Crippen LogP contribution in [0.3, 0.4) is 0 Å². The van der Waals surface area contributed by atoms with Crippen LogP contribution in [0, 0.1) is 5.82 Å². The Morgan fingerprint density at radius 2 is 1.42 bits per heavy atom. The van der Waals surface area contributed by atoms with Gasteiger partial charge >= 0.3 is 24.7 Å². The molecule has 1 amide bonds. The van der Waals surface area contributed by atoms with Gasteiger partial charge in [-0.15, -0.1) is 0 Å². The predicted octanol–water partition coefficient (Wildman–Crippen LogP) is 7.62. The molecule has 19 heteroatoms. The molecule has 0 bridgehead atoms. The summed E-state index contributed by atoms with van der Waals surface area (Å²) < 4.78 is 210. The highest BCUT2D eigenvalue weighted by molar-refractivity contribution is 7.91. The maximum atomic E-state index is 14.9. The number of amides is 1. The summed E-state index contributed by atoms with van der Waals surface area (Å²) in [6.07, 6.45) is -22.0. The van der Waals surface area contributed by atoms with E-state index in [-0.39, 0.29) is 36.4 Å². The molecule has 1 N–H and O–H groups in total. The van der Waals surface area contributed by atoms with Crippen LogP contribution in [0.4, 0.5) is 61.5 Å². The molecule has 0 radical (unpaired) electrons. The molecule has 43 heavy (non-hydrogen) atoms. The molecule has 0 saturated carbocycles. The zero-order valence-corrected chi connectivity index (χ0v) is 21.9. The lowest BCUT2D eigenvalue weighted by Crippen LogP contribution is -2.40. The van der Waals surface area contributed by atoms with Crippen LogP contribution in [0.5, 0.6) is 0 Å². The second-order valence-corrected chi connectivity index (χ2v) is 11.2. The zero-order valence-electron chi connectivity index (χ0n) is 21.0. The number of alkyl halides is 12. The Balaban J connectivity index is 2.49. The summed E-state index contributed by atoms with van der Waals surface area (Å²) in [6, 6.07) is -1.07. The van der Waals surface area contributed by atoms with Crippen molar-refractivity contribution in [3.63, 3.8) is 0 Å². The highest BCUT2D eigenvalue weighted by atomic mass is 32.2. The third kappa shape index (κ3) is 10.1. The van der Waals surface area contributed by atoms with Crippen molar-refractivity contribution in [2.75, 3.05) is 11.5 Å². The highest BCUT2D eigenvalue weighted by Gasteiger charge is 2.43. The second-order valence-electron chi connectivity index (χ2n) is 9.07. The van der Waals surface area contributed by atoms with E-state index in [0.717, 1.165) is 6.92 Å². The minimum atomic E-state index is -5.52. The van der Waals surface area contributed by atoms with Crippen molar-refractivity contribution in [2.45, 2.75) is 43.6 Å². The molecule has 2 unspecified atom stereocenters. The van der Waals surface area contributed by atoms with Crippen molar-refractivity contribution < 1.29 is 74.7 Å². The Morgan fingerprint density at radius 1 is 0.860 bits per heavy atom. The van der Waals surface area contributed by atoms with Crippen LogP contribution in [-0.2, 0) is 22.2 Å². The minimum Gasteiger partial charge on any atom is -0.349 e. The van der Waals surface area contributed by atoms with Crippen molar-refractivity contribution in [1.82, 2.24) is 5.32 Å². The quantitative estimate of drug-likeness (QED) is 0.296. The Bertz CT molecular complexity index is 1470. The van der Waals surface area contributed by atoms with E-state index >= 15 is 0 Å². The van der Waals surface area contributed by atoms with Crippen molar-refractivity contribution in [2.24, 2.45) is 0 Å². The lowest BCUT2D eigenvalue weighted by atomic mass is 9.94. The average molecular weight is 665 g/mol. The molecular formula is C24H17F14NO3S. The first-order valence-corrected chi connectivity index (χ1v) is 13.1. The fraction of sp³-hybridized carbons (Fsp3) is 0.375. The van der Waals surface area contributed by atoms with Gasteiger partial charge in [0.1, 0.15) is 23.3 Å². The fourth-order valence-corrected chi connectivity index (χ4v) is 5.20. The van der Waals surface area contributed by atoms with E-state index in [1.807, 2.05) is 0 Å². The van der Waals surface area contributed by atoms with Gasteiger partial charge in [-0.05, 0) is 42.8 Å². The van der Waals surface area contributed by atoms with Gasteiger partial charge < -0.3 is 5.32 Å². The molecule has 0 spiro atoms. The molecule has 2 aromatic rings. The van der Waals surface area contributed by atoms with Gasteiger partial charge in [-0.25, -0.2) is 17.2 Å². The summed E-state index contributed by atoms with van der Waals surface area (Å²) in [5.41, 5.74) is -7.93. The van der Waals surface area contributed by atoms with Crippen LogP contribution in [0.15, 0.2) is 42.5 Å². The van der Waals surface area contributed by atoms with Crippen LogP contribution in [-0.4, -0.2) is 44.2 Å². The van der Waals surface area contributed by atoms with E-state index in [1.165, 1.54) is 0 Å². The molecule has 2 atom stereocenters. The summed E-state index contributed by atoms with van der Waals surface area (Å²) >= 11 is 0. The molecule has 0 saturated heterocycles. The molecule has 240 valence electrons. The number of nitrogens with one attached hydrogen (secondary N) is 1. The Kier molecular flexibility index (Phi) is 10.3. The zero-order chi connectivity index (χ0) is 33.3. The number of rotatable bonds is 8. The first kappa shape index (κ1) is 35.8. The Labute approximate surface area is 233 Å². The number of carbonyl (C=O) groups is 1. The predicted molar refractivity (Wildman–Crippen MR) is 122 cm³/mol. The normalized spacial score (nSPS) is 15.3. The maximum absolute atomic E-state index is 14.9. The molecular weight excluding hydrogens is 648 g/mol. The van der Waals surface area contributed by atoms with Crippen LogP contribution in [0.25, 0.3) is 5.83 Å².